The van der Waals surface area contributed by atoms with Crippen LogP contribution in [-0.2, 0) is 4.79 Å². The summed E-state index contributed by atoms with van der Waals surface area (Å²) >= 11 is 0. The van der Waals surface area contributed by atoms with Crippen LogP contribution >= 0.6 is 0 Å². The predicted octanol–water partition coefficient (Wildman–Crippen LogP) is 2.05. The Bertz CT molecular complexity index is 282. The minimum absolute atomic E-state index is 0.314. The number of carboxylic acid groups (broad SMARTS) is 1. The molecule has 0 radical (unpaired) electrons. The number of nitrogens with zero attached hydrogens (tertiary/aromatic N) is 2. The van der Waals surface area contributed by atoms with Gasteiger partial charge in [-0.2, -0.15) is 0 Å². The van der Waals surface area contributed by atoms with E-state index in [0.717, 1.165) is 19.0 Å². The van der Waals surface area contributed by atoms with Crippen molar-refractivity contribution in [3.8, 4) is 0 Å². The lowest BCUT2D eigenvalue weighted by atomic mass is 9.91. The first-order valence-electron chi connectivity index (χ1n) is 7.86. The average molecular weight is 268 g/mol. The predicted molar refractivity (Wildman–Crippen MR) is 76.3 cm³/mol. The smallest absolute Gasteiger partial charge is 0.320 e. The fraction of sp³-hybridized carbons (Fsp3) is 0.933. The molecule has 0 aromatic carbocycles. The molecule has 2 fully saturated rings. The topological polar surface area (TPSA) is 43.8 Å². The normalized spacial score (nSPS) is 24.7. The molecule has 2 aliphatic rings. The van der Waals surface area contributed by atoms with Crippen molar-refractivity contribution in [2.24, 2.45) is 5.92 Å². The van der Waals surface area contributed by atoms with E-state index < -0.39 is 5.97 Å². The molecule has 2 heterocycles. The number of aliphatic carboxylic acids is 1. The first-order chi connectivity index (χ1) is 9.16. The van der Waals surface area contributed by atoms with Crippen molar-refractivity contribution in [1.29, 1.82) is 0 Å². The molecule has 0 amide bonds. The SMILES string of the molecule is CC(C(=O)O)N1CCC(CCCN2CCCC2)CC1. The van der Waals surface area contributed by atoms with Crippen molar-refractivity contribution >= 4 is 5.97 Å². The summed E-state index contributed by atoms with van der Waals surface area (Å²) in [5.41, 5.74) is 0. The molecule has 2 saturated heterocycles. The van der Waals surface area contributed by atoms with Gasteiger partial charge in [-0.3, -0.25) is 9.69 Å². The van der Waals surface area contributed by atoms with Gasteiger partial charge in [-0.1, -0.05) is 0 Å². The molecule has 0 aromatic rings. The summed E-state index contributed by atoms with van der Waals surface area (Å²) in [6.07, 6.45) is 7.76. The van der Waals surface area contributed by atoms with Gasteiger partial charge in [-0.15, -0.1) is 0 Å². The summed E-state index contributed by atoms with van der Waals surface area (Å²) in [6.45, 7) is 7.59. The van der Waals surface area contributed by atoms with E-state index in [9.17, 15) is 4.79 Å². The molecule has 0 bridgehead atoms. The molecule has 110 valence electrons. The van der Waals surface area contributed by atoms with Crippen LogP contribution in [0.4, 0.5) is 0 Å². The van der Waals surface area contributed by atoms with E-state index in [2.05, 4.69) is 9.80 Å². The van der Waals surface area contributed by atoms with Gasteiger partial charge in [0.15, 0.2) is 0 Å². The molecule has 2 rings (SSSR count). The maximum absolute atomic E-state index is 11.0. The Kier molecular flexibility index (Phi) is 5.64. The van der Waals surface area contributed by atoms with Crippen LogP contribution in [0.15, 0.2) is 0 Å². The van der Waals surface area contributed by atoms with E-state index in [1.54, 1.807) is 6.92 Å². The zero-order chi connectivity index (χ0) is 13.7. The van der Waals surface area contributed by atoms with E-state index in [4.69, 9.17) is 5.11 Å². The average Bonchev–Trinajstić information content (AvgIpc) is 2.92. The van der Waals surface area contributed by atoms with Crippen molar-refractivity contribution in [2.75, 3.05) is 32.7 Å². The van der Waals surface area contributed by atoms with Gasteiger partial charge >= 0.3 is 5.97 Å². The van der Waals surface area contributed by atoms with Crippen LogP contribution < -0.4 is 0 Å². The van der Waals surface area contributed by atoms with E-state index in [1.165, 1.54) is 58.2 Å². The van der Waals surface area contributed by atoms with Gasteiger partial charge in [0.1, 0.15) is 6.04 Å². The molecule has 0 aromatic heterocycles. The molecule has 2 aliphatic heterocycles. The minimum Gasteiger partial charge on any atom is -0.480 e. The molecule has 1 atom stereocenters. The molecule has 4 heteroatoms. The maximum Gasteiger partial charge on any atom is 0.320 e. The third kappa shape index (κ3) is 4.46. The summed E-state index contributed by atoms with van der Waals surface area (Å²) in [7, 11) is 0. The molecule has 19 heavy (non-hydrogen) atoms. The Labute approximate surface area is 116 Å². The van der Waals surface area contributed by atoms with Crippen LogP contribution in [0.3, 0.4) is 0 Å². The summed E-state index contributed by atoms with van der Waals surface area (Å²) in [5.74, 6) is 0.132. The van der Waals surface area contributed by atoms with Crippen LogP contribution in [0.5, 0.6) is 0 Å². The lowest BCUT2D eigenvalue weighted by Crippen LogP contribution is -2.44. The van der Waals surface area contributed by atoms with Gasteiger partial charge in [0.05, 0.1) is 0 Å². The van der Waals surface area contributed by atoms with Gasteiger partial charge in [0, 0.05) is 0 Å². The van der Waals surface area contributed by atoms with Gasteiger partial charge < -0.3 is 10.0 Å². The molecule has 0 aliphatic carbocycles. The molecule has 0 saturated carbocycles. The third-order valence-corrected chi connectivity index (χ3v) is 4.84. The van der Waals surface area contributed by atoms with Crippen LogP contribution in [-0.4, -0.2) is 59.6 Å². The monoisotopic (exact) mass is 268 g/mol. The molecule has 1 unspecified atom stereocenters. The number of likely N-dealkylation sites (tertiary alicyclic amines) is 2. The van der Waals surface area contributed by atoms with Crippen molar-refractivity contribution in [1.82, 2.24) is 9.80 Å². The van der Waals surface area contributed by atoms with E-state index in [1.807, 2.05) is 0 Å². The summed E-state index contributed by atoms with van der Waals surface area (Å²) in [6, 6.07) is -0.314. The second-order valence-electron chi connectivity index (χ2n) is 6.18. The number of hydrogen-bond donors (Lipinski definition) is 1. The Hall–Kier alpha value is -0.610. The van der Waals surface area contributed by atoms with E-state index >= 15 is 0 Å². The van der Waals surface area contributed by atoms with Crippen LogP contribution in [0, 0.1) is 5.92 Å². The van der Waals surface area contributed by atoms with Gasteiger partial charge in [0.25, 0.3) is 0 Å². The highest BCUT2D eigenvalue weighted by Crippen LogP contribution is 2.23. The highest BCUT2D eigenvalue weighted by Gasteiger charge is 2.26. The molecular weight excluding hydrogens is 240 g/mol. The maximum atomic E-state index is 11.0. The fourth-order valence-electron chi connectivity index (χ4n) is 3.39. The number of piperidine rings is 1. The molecule has 1 N–H and O–H groups in total. The second-order valence-corrected chi connectivity index (χ2v) is 6.18. The number of carboxylic acids is 1. The summed E-state index contributed by atoms with van der Waals surface area (Å²) in [5, 5.41) is 9.02. The number of carbonyl (C=O) groups is 1. The van der Waals surface area contributed by atoms with E-state index in [0.29, 0.717) is 0 Å². The standard InChI is InChI=1S/C15H28N2O2/c1-13(15(18)19)17-11-6-14(7-12-17)5-4-10-16-8-2-3-9-16/h13-14H,2-12H2,1H3,(H,18,19). The highest BCUT2D eigenvalue weighted by molar-refractivity contribution is 5.72. The zero-order valence-corrected chi connectivity index (χ0v) is 12.2. The first kappa shape index (κ1) is 14.8. The first-order valence-corrected chi connectivity index (χ1v) is 7.86. The minimum atomic E-state index is -0.688. The summed E-state index contributed by atoms with van der Waals surface area (Å²) < 4.78 is 0. The second kappa shape index (κ2) is 7.25. The lowest BCUT2D eigenvalue weighted by molar-refractivity contribution is -0.143. The molecular formula is C15H28N2O2. The van der Waals surface area contributed by atoms with Gasteiger partial charge in [-0.05, 0) is 84.1 Å². The third-order valence-electron chi connectivity index (χ3n) is 4.84. The Morgan fingerprint density at radius 1 is 1.21 bits per heavy atom. The van der Waals surface area contributed by atoms with Crippen LogP contribution in [0.2, 0.25) is 0 Å². The van der Waals surface area contributed by atoms with Crippen molar-refractivity contribution < 1.29 is 9.90 Å². The van der Waals surface area contributed by atoms with Crippen LogP contribution in [0.1, 0.15) is 45.4 Å². The largest absolute Gasteiger partial charge is 0.480 e. The number of rotatable bonds is 6. The molecule has 4 nitrogen and oxygen atoms in total. The number of hydrogen-bond acceptors (Lipinski definition) is 3. The van der Waals surface area contributed by atoms with Gasteiger partial charge in [0.2, 0.25) is 0 Å². The fourth-order valence-corrected chi connectivity index (χ4v) is 3.39. The quantitative estimate of drug-likeness (QED) is 0.800. The Balaban J connectivity index is 1.59. The zero-order valence-electron chi connectivity index (χ0n) is 12.2. The Morgan fingerprint density at radius 2 is 1.84 bits per heavy atom. The lowest BCUT2D eigenvalue weighted by Gasteiger charge is -2.34. The van der Waals surface area contributed by atoms with E-state index in [-0.39, 0.29) is 6.04 Å². The van der Waals surface area contributed by atoms with Gasteiger partial charge in [-0.25, -0.2) is 0 Å². The summed E-state index contributed by atoms with van der Waals surface area (Å²) in [4.78, 5) is 15.6. The molecule has 0 spiro atoms. The highest BCUT2D eigenvalue weighted by atomic mass is 16.4. The van der Waals surface area contributed by atoms with Crippen molar-refractivity contribution in [3.05, 3.63) is 0 Å². The van der Waals surface area contributed by atoms with Crippen LogP contribution in [0.25, 0.3) is 0 Å². The Morgan fingerprint density at radius 3 is 2.42 bits per heavy atom. The van der Waals surface area contributed by atoms with Crippen molar-refractivity contribution in [3.63, 3.8) is 0 Å². The van der Waals surface area contributed by atoms with Crippen molar-refractivity contribution in [2.45, 2.75) is 51.5 Å².